The van der Waals surface area contributed by atoms with E-state index in [0.29, 0.717) is 28.5 Å². The summed E-state index contributed by atoms with van der Waals surface area (Å²) in [4.78, 5) is 18.9. The lowest BCUT2D eigenvalue weighted by molar-refractivity contribution is -0.0298. The molecule has 0 spiro atoms. The van der Waals surface area contributed by atoms with Crippen molar-refractivity contribution < 1.29 is 5.11 Å². The lowest BCUT2D eigenvalue weighted by Crippen LogP contribution is -2.47. The molecule has 0 atom stereocenters. The van der Waals surface area contributed by atoms with Crippen molar-refractivity contribution in [2.24, 2.45) is 7.05 Å². The monoisotopic (exact) mass is 355 g/mol. The molecule has 3 heterocycles. The molecule has 8 heteroatoms. The van der Waals surface area contributed by atoms with Gasteiger partial charge in [0.1, 0.15) is 10.1 Å². The lowest BCUT2D eigenvalue weighted by atomic mass is 9.91. The van der Waals surface area contributed by atoms with Crippen molar-refractivity contribution in [2.45, 2.75) is 25.0 Å². The van der Waals surface area contributed by atoms with Crippen LogP contribution in [0.2, 0.25) is 0 Å². The SMILES string of the molecule is CN1CCC(O)(Cn2cnc3c(Br)n(C)nc3c2=O)CC1. The second-order valence-electron chi connectivity index (χ2n) is 5.82. The number of likely N-dealkylation sites (tertiary alicyclic amines) is 1. The van der Waals surface area contributed by atoms with E-state index in [9.17, 15) is 9.90 Å². The van der Waals surface area contributed by atoms with Gasteiger partial charge in [0.2, 0.25) is 0 Å². The highest BCUT2D eigenvalue weighted by Gasteiger charge is 2.32. The zero-order valence-electron chi connectivity index (χ0n) is 12.1. The first kappa shape index (κ1) is 14.7. The summed E-state index contributed by atoms with van der Waals surface area (Å²) in [6.07, 6.45) is 2.80. The predicted molar refractivity (Wildman–Crippen MR) is 82.1 cm³/mol. The van der Waals surface area contributed by atoms with E-state index in [1.165, 1.54) is 10.9 Å². The predicted octanol–water partition coefficient (Wildman–Crippen LogP) is 0.349. The van der Waals surface area contributed by atoms with Gasteiger partial charge in [-0.1, -0.05) is 0 Å². The summed E-state index contributed by atoms with van der Waals surface area (Å²) in [7, 11) is 3.78. The molecule has 1 aliphatic heterocycles. The number of hydrogen-bond donors (Lipinski definition) is 1. The Hall–Kier alpha value is -1.25. The molecule has 1 N–H and O–H groups in total. The van der Waals surface area contributed by atoms with Crippen molar-refractivity contribution in [1.29, 1.82) is 0 Å². The van der Waals surface area contributed by atoms with E-state index in [0.717, 1.165) is 13.1 Å². The summed E-state index contributed by atoms with van der Waals surface area (Å²) in [6.45, 7) is 1.92. The molecule has 1 saturated heterocycles. The summed E-state index contributed by atoms with van der Waals surface area (Å²) >= 11 is 3.36. The molecule has 2 aromatic rings. The third-order valence-corrected chi connectivity index (χ3v) is 5.01. The molecule has 0 amide bonds. The Bertz CT molecular complexity index is 730. The number of fused-ring (bicyclic) bond motifs is 1. The molecule has 0 bridgehead atoms. The van der Waals surface area contributed by atoms with Gasteiger partial charge in [-0.15, -0.1) is 0 Å². The minimum atomic E-state index is -0.849. The Balaban J connectivity index is 1.95. The van der Waals surface area contributed by atoms with Crippen LogP contribution in [0.1, 0.15) is 12.8 Å². The standard InChI is InChI=1S/C13H18BrN5O2/c1-17-5-3-13(21,4-6-17)7-19-8-15-9-10(12(19)20)16-18(2)11(9)14/h8,21H,3-7H2,1-2H3. The number of rotatable bonds is 2. The van der Waals surface area contributed by atoms with Crippen LogP contribution < -0.4 is 5.56 Å². The molecule has 0 radical (unpaired) electrons. The van der Waals surface area contributed by atoms with E-state index in [1.54, 1.807) is 11.7 Å². The third-order valence-electron chi connectivity index (χ3n) is 4.13. The molecule has 3 rings (SSSR count). The van der Waals surface area contributed by atoms with Gasteiger partial charge in [0.15, 0.2) is 5.52 Å². The molecule has 114 valence electrons. The number of halogens is 1. The first-order valence-corrected chi connectivity index (χ1v) is 7.67. The Kier molecular flexibility index (Phi) is 3.62. The van der Waals surface area contributed by atoms with Crippen LogP contribution in [-0.2, 0) is 13.6 Å². The molecular weight excluding hydrogens is 338 g/mol. The van der Waals surface area contributed by atoms with Gasteiger partial charge in [0.25, 0.3) is 5.56 Å². The summed E-state index contributed by atoms with van der Waals surface area (Å²) in [5.41, 5.74) is -0.191. The average molecular weight is 356 g/mol. The quantitative estimate of drug-likeness (QED) is 0.841. The second kappa shape index (κ2) is 5.19. The Labute approximate surface area is 130 Å². The minimum Gasteiger partial charge on any atom is -0.388 e. The number of hydrogen-bond acceptors (Lipinski definition) is 5. The number of nitrogens with zero attached hydrogens (tertiary/aromatic N) is 5. The van der Waals surface area contributed by atoms with E-state index < -0.39 is 5.60 Å². The summed E-state index contributed by atoms with van der Waals surface area (Å²) in [5.74, 6) is 0. The molecule has 0 unspecified atom stereocenters. The fourth-order valence-corrected chi connectivity index (χ4v) is 3.06. The molecule has 7 nitrogen and oxygen atoms in total. The summed E-state index contributed by atoms with van der Waals surface area (Å²) < 4.78 is 3.72. The van der Waals surface area contributed by atoms with Gasteiger partial charge in [0, 0.05) is 20.1 Å². The van der Waals surface area contributed by atoms with Crippen LogP contribution in [0.5, 0.6) is 0 Å². The van der Waals surface area contributed by atoms with Crippen molar-refractivity contribution in [3.05, 3.63) is 21.3 Å². The first-order valence-electron chi connectivity index (χ1n) is 6.88. The molecule has 0 aromatic carbocycles. The van der Waals surface area contributed by atoms with Crippen molar-refractivity contribution in [1.82, 2.24) is 24.2 Å². The van der Waals surface area contributed by atoms with Crippen molar-refractivity contribution in [3.63, 3.8) is 0 Å². The second-order valence-corrected chi connectivity index (χ2v) is 6.57. The molecule has 2 aromatic heterocycles. The van der Waals surface area contributed by atoms with E-state index in [1.807, 2.05) is 7.05 Å². The maximum atomic E-state index is 12.5. The molecular formula is C13H18BrN5O2. The maximum absolute atomic E-state index is 12.5. The zero-order valence-corrected chi connectivity index (χ0v) is 13.7. The normalized spacial score (nSPS) is 19.2. The van der Waals surface area contributed by atoms with Crippen LogP contribution >= 0.6 is 15.9 Å². The van der Waals surface area contributed by atoms with Crippen molar-refractivity contribution in [3.8, 4) is 0 Å². The first-order chi connectivity index (χ1) is 9.89. The van der Waals surface area contributed by atoms with Crippen LogP contribution in [0.4, 0.5) is 0 Å². The topological polar surface area (TPSA) is 76.2 Å². The van der Waals surface area contributed by atoms with Gasteiger partial charge in [-0.3, -0.25) is 14.0 Å². The van der Waals surface area contributed by atoms with Gasteiger partial charge in [-0.2, -0.15) is 5.10 Å². The lowest BCUT2D eigenvalue weighted by Gasteiger charge is -2.36. The number of aliphatic hydroxyl groups is 1. The summed E-state index contributed by atoms with van der Waals surface area (Å²) in [6, 6.07) is 0. The van der Waals surface area contributed by atoms with Crippen LogP contribution in [0, 0.1) is 0 Å². The largest absolute Gasteiger partial charge is 0.388 e. The van der Waals surface area contributed by atoms with E-state index >= 15 is 0 Å². The number of aryl methyl sites for hydroxylation is 1. The highest BCUT2D eigenvalue weighted by Crippen LogP contribution is 2.23. The molecule has 1 aliphatic rings. The highest BCUT2D eigenvalue weighted by atomic mass is 79.9. The fraction of sp³-hybridized carbons (Fsp3) is 0.615. The molecule has 0 saturated carbocycles. The Morgan fingerprint density at radius 1 is 1.33 bits per heavy atom. The zero-order chi connectivity index (χ0) is 15.2. The Morgan fingerprint density at radius 2 is 2.00 bits per heavy atom. The molecule has 21 heavy (non-hydrogen) atoms. The maximum Gasteiger partial charge on any atom is 0.281 e. The van der Waals surface area contributed by atoms with Crippen LogP contribution in [0.15, 0.2) is 15.7 Å². The van der Waals surface area contributed by atoms with Crippen LogP contribution in [0.3, 0.4) is 0 Å². The summed E-state index contributed by atoms with van der Waals surface area (Å²) in [5, 5.41) is 14.8. The van der Waals surface area contributed by atoms with E-state index in [4.69, 9.17) is 0 Å². The number of piperidine rings is 1. The van der Waals surface area contributed by atoms with Crippen LogP contribution in [0.25, 0.3) is 11.0 Å². The van der Waals surface area contributed by atoms with Gasteiger partial charge in [0.05, 0.1) is 18.5 Å². The van der Waals surface area contributed by atoms with Gasteiger partial charge in [-0.25, -0.2) is 4.98 Å². The molecule has 0 aliphatic carbocycles. The molecule has 1 fully saturated rings. The van der Waals surface area contributed by atoms with Crippen molar-refractivity contribution >= 4 is 27.0 Å². The third kappa shape index (κ3) is 2.63. The average Bonchev–Trinajstić information content (AvgIpc) is 2.74. The van der Waals surface area contributed by atoms with E-state index in [2.05, 4.69) is 30.9 Å². The number of aromatic nitrogens is 4. The highest BCUT2D eigenvalue weighted by molar-refractivity contribution is 9.10. The van der Waals surface area contributed by atoms with Gasteiger partial charge < -0.3 is 10.0 Å². The minimum absolute atomic E-state index is 0.214. The van der Waals surface area contributed by atoms with Gasteiger partial charge >= 0.3 is 0 Å². The van der Waals surface area contributed by atoms with Gasteiger partial charge in [-0.05, 0) is 35.8 Å². The smallest absolute Gasteiger partial charge is 0.281 e. The van der Waals surface area contributed by atoms with Crippen molar-refractivity contribution in [2.75, 3.05) is 20.1 Å². The Morgan fingerprint density at radius 3 is 2.67 bits per heavy atom. The van der Waals surface area contributed by atoms with E-state index in [-0.39, 0.29) is 12.1 Å². The fourth-order valence-electron chi connectivity index (χ4n) is 2.69. The van der Waals surface area contributed by atoms with Crippen LogP contribution in [-0.4, -0.2) is 55.1 Å².